The molecule has 15 heavy (non-hydrogen) atoms. The predicted molar refractivity (Wildman–Crippen MR) is 61.7 cm³/mol. The van der Waals surface area contributed by atoms with Crippen molar-refractivity contribution >= 4 is 6.03 Å². The van der Waals surface area contributed by atoms with Gasteiger partial charge in [-0.1, -0.05) is 0 Å². The number of hydrogen-bond acceptors (Lipinski definition) is 2. The quantitative estimate of drug-likeness (QED) is 0.723. The Labute approximate surface area is 92.2 Å². The van der Waals surface area contributed by atoms with E-state index in [1.54, 1.807) is 0 Å². The molecule has 4 heteroatoms. The predicted octanol–water partition coefficient (Wildman–Crippen LogP) is 1.31. The first kappa shape index (κ1) is 12.3. The smallest absolute Gasteiger partial charge is 0.317 e. The molecule has 0 bridgehead atoms. The van der Waals surface area contributed by atoms with Crippen molar-refractivity contribution in [1.29, 1.82) is 0 Å². The molecule has 1 saturated carbocycles. The lowest BCUT2D eigenvalue weighted by Gasteiger charge is -2.32. The first-order valence-electron chi connectivity index (χ1n) is 5.92. The van der Waals surface area contributed by atoms with Gasteiger partial charge in [-0.2, -0.15) is 0 Å². The summed E-state index contributed by atoms with van der Waals surface area (Å²) in [4.78, 5) is 13.7. The Morgan fingerprint density at radius 3 is 2.60 bits per heavy atom. The number of carbonyl (C=O) groups is 1. The third-order valence-corrected chi connectivity index (χ3v) is 2.92. The highest BCUT2D eigenvalue weighted by Crippen LogP contribution is 2.18. The molecule has 4 nitrogen and oxygen atoms in total. The SMILES string of the molecule is CC(C)N(CCCN)C(=O)NC1CCC1. The molecule has 0 atom stereocenters. The summed E-state index contributed by atoms with van der Waals surface area (Å²) in [6, 6.07) is 0.733. The van der Waals surface area contributed by atoms with E-state index in [-0.39, 0.29) is 12.1 Å². The number of nitrogens with one attached hydrogen (secondary N) is 1. The molecule has 1 rings (SSSR count). The van der Waals surface area contributed by atoms with Crippen molar-refractivity contribution in [3.8, 4) is 0 Å². The Morgan fingerprint density at radius 2 is 2.20 bits per heavy atom. The Balaban J connectivity index is 2.35. The van der Waals surface area contributed by atoms with Crippen LogP contribution in [0, 0.1) is 0 Å². The lowest BCUT2D eigenvalue weighted by atomic mass is 9.93. The van der Waals surface area contributed by atoms with Gasteiger partial charge in [0.05, 0.1) is 0 Å². The van der Waals surface area contributed by atoms with Gasteiger partial charge in [-0.15, -0.1) is 0 Å². The van der Waals surface area contributed by atoms with E-state index >= 15 is 0 Å². The molecule has 0 radical (unpaired) electrons. The fourth-order valence-electron chi connectivity index (χ4n) is 1.67. The van der Waals surface area contributed by atoms with Gasteiger partial charge in [0.25, 0.3) is 0 Å². The van der Waals surface area contributed by atoms with Gasteiger partial charge in [0.15, 0.2) is 0 Å². The summed E-state index contributed by atoms with van der Waals surface area (Å²) in [5.74, 6) is 0. The summed E-state index contributed by atoms with van der Waals surface area (Å²) >= 11 is 0. The van der Waals surface area contributed by atoms with Crippen LogP contribution in [0.4, 0.5) is 4.79 Å². The first-order chi connectivity index (χ1) is 7.15. The van der Waals surface area contributed by atoms with Crippen molar-refractivity contribution in [2.45, 2.75) is 51.6 Å². The molecule has 1 aliphatic carbocycles. The number of rotatable bonds is 5. The minimum Gasteiger partial charge on any atom is -0.335 e. The molecule has 1 aliphatic rings. The number of urea groups is 1. The van der Waals surface area contributed by atoms with Gasteiger partial charge in [0.2, 0.25) is 0 Å². The van der Waals surface area contributed by atoms with Crippen LogP contribution in [0.15, 0.2) is 0 Å². The molecule has 0 aliphatic heterocycles. The molecule has 0 aromatic carbocycles. The average molecular weight is 213 g/mol. The van der Waals surface area contributed by atoms with Gasteiger partial charge >= 0.3 is 6.03 Å². The molecule has 0 saturated heterocycles. The van der Waals surface area contributed by atoms with Crippen molar-refractivity contribution in [3.63, 3.8) is 0 Å². The van der Waals surface area contributed by atoms with Crippen LogP contribution in [-0.4, -0.2) is 36.1 Å². The van der Waals surface area contributed by atoms with Crippen LogP contribution in [0.1, 0.15) is 39.5 Å². The van der Waals surface area contributed by atoms with E-state index in [4.69, 9.17) is 5.73 Å². The van der Waals surface area contributed by atoms with Crippen LogP contribution < -0.4 is 11.1 Å². The van der Waals surface area contributed by atoms with Crippen LogP contribution in [0.2, 0.25) is 0 Å². The number of nitrogens with zero attached hydrogens (tertiary/aromatic N) is 1. The highest BCUT2D eigenvalue weighted by molar-refractivity contribution is 5.74. The van der Waals surface area contributed by atoms with E-state index in [0.717, 1.165) is 25.8 Å². The monoisotopic (exact) mass is 213 g/mol. The summed E-state index contributed by atoms with van der Waals surface area (Å²) < 4.78 is 0. The van der Waals surface area contributed by atoms with Crippen molar-refractivity contribution in [1.82, 2.24) is 10.2 Å². The van der Waals surface area contributed by atoms with Crippen molar-refractivity contribution in [2.24, 2.45) is 5.73 Å². The number of carbonyl (C=O) groups excluding carboxylic acids is 1. The Morgan fingerprint density at radius 1 is 1.53 bits per heavy atom. The second-order valence-electron chi connectivity index (χ2n) is 4.51. The molecule has 0 heterocycles. The van der Waals surface area contributed by atoms with Gasteiger partial charge < -0.3 is 16.0 Å². The largest absolute Gasteiger partial charge is 0.335 e. The second kappa shape index (κ2) is 5.95. The minimum absolute atomic E-state index is 0.0724. The molecule has 3 N–H and O–H groups in total. The maximum Gasteiger partial charge on any atom is 0.317 e. The second-order valence-corrected chi connectivity index (χ2v) is 4.51. The van der Waals surface area contributed by atoms with E-state index in [1.807, 2.05) is 18.7 Å². The molecular weight excluding hydrogens is 190 g/mol. The fraction of sp³-hybridized carbons (Fsp3) is 0.909. The normalized spacial score (nSPS) is 16.3. The van der Waals surface area contributed by atoms with Gasteiger partial charge in [-0.25, -0.2) is 4.79 Å². The minimum atomic E-state index is 0.0724. The highest BCUT2D eigenvalue weighted by atomic mass is 16.2. The van der Waals surface area contributed by atoms with Gasteiger partial charge in [-0.05, 0) is 46.1 Å². The number of amides is 2. The van der Waals surface area contributed by atoms with E-state index < -0.39 is 0 Å². The molecule has 1 fully saturated rings. The summed E-state index contributed by atoms with van der Waals surface area (Å²) in [5.41, 5.74) is 5.46. The van der Waals surface area contributed by atoms with Gasteiger partial charge in [0, 0.05) is 18.6 Å². The molecule has 0 spiro atoms. The maximum atomic E-state index is 11.9. The lowest BCUT2D eigenvalue weighted by Crippen LogP contribution is -2.50. The first-order valence-corrected chi connectivity index (χ1v) is 5.92. The van der Waals surface area contributed by atoms with Crippen LogP contribution >= 0.6 is 0 Å². The molecule has 0 aromatic heterocycles. The summed E-state index contributed by atoms with van der Waals surface area (Å²) in [5, 5.41) is 3.05. The van der Waals surface area contributed by atoms with Crippen molar-refractivity contribution < 1.29 is 4.79 Å². The zero-order chi connectivity index (χ0) is 11.3. The van der Waals surface area contributed by atoms with E-state index in [9.17, 15) is 4.79 Å². The fourth-order valence-corrected chi connectivity index (χ4v) is 1.67. The average Bonchev–Trinajstić information content (AvgIpc) is 2.11. The third-order valence-electron chi connectivity index (χ3n) is 2.92. The van der Waals surface area contributed by atoms with Gasteiger partial charge in [0.1, 0.15) is 0 Å². The van der Waals surface area contributed by atoms with Crippen LogP contribution in [-0.2, 0) is 0 Å². The third kappa shape index (κ3) is 3.70. The van der Waals surface area contributed by atoms with E-state index in [0.29, 0.717) is 12.6 Å². The Bertz CT molecular complexity index is 202. The maximum absolute atomic E-state index is 11.9. The van der Waals surface area contributed by atoms with E-state index in [2.05, 4.69) is 5.32 Å². The summed E-state index contributed by atoms with van der Waals surface area (Å²) in [7, 11) is 0. The zero-order valence-electron chi connectivity index (χ0n) is 9.83. The topological polar surface area (TPSA) is 58.4 Å². The molecule has 0 aromatic rings. The van der Waals surface area contributed by atoms with Crippen LogP contribution in [0.5, 0.6) is 0 Å². The van der Waals surface area contributed by atoms with E-state index in [1.165, 1.54) is 6.42 Å². The zero-order valence-corrected chi connectivity index (χ0v) is 9.83. The molecule has 88 valence electrons. The Hall–Kier alpha value is -0.770. The van der Waals surface area contributed by atoms with Crippen LogP contribution in [0.3, 0.4) is 0 Å². The summed E-state index contributed by atoms with van der Waals surface area (Å²) in [6.45, 7) is 5.47. The van der Waals surface area contributed by atoms with Crippen molar-refractivity contribution in [2.75, 3.05) is 13.1 Å². The molecule has 2 amide bonds. The molecular formula is C11H23N3O. The molecule has 0 unspecified atom stereocenters. The van der Waals surface area contributed by atoms with Crippen molar-refractivity contribution in [3.05, 3.63) is 0 Å². The summed E-state index contributed by atoms with van der Waals surface area (Å²) in [6.07, 6.45) is 4.38. The Kier molecular flexibility index (Phi) is 4.88. The van der Waals surface area contributed by atoms with Crippen LogP contribution in [0.25, 0.3) is 0 Å². The highest BCUT2D eigenvalue weighted by Gasteiger charge is 2.23. The lowest BCUT2D eigenvalue weighted by molar-refractivity contribution is 0.172. The number of nitrogens with two attached hydrogens (primary N) is 1. The van der Waals surface area contributed by atoms with Gasteiger partial charge in [-0.3, -0.25) is 0 Å². The standard InChI is InChI=1S/C11H23N3O/c1-9(2)14(8-4-7-12)11(15)13-10-5-3-6-10/h9-10H,3-8,12H2,1-2H3,(H,13,15). The number of hydrogen-bond donors (Lipinski definition) is 2.